The van der Waals surface area contributed by atoms with Crippen LogP contribution < -0.4 is 15.0 Å². The lowest BCUT2D eigenvalue weighted by atomic mass is 9.78. The summed E-state index contributed by atoms with van der Waals surface area (Å²) in [6, 6.07) is 11.7. The standard InChI is InChI=1S/C23H23FN2O5/c1-4-23(22(29)31-3)18-17(19(25-23)15-10-5-6-11-16(15)24)20(27)26(21(18)28)13-8-7-9-14(12-13)30-2/h5-12,17-19,25H,4H2,1-3H3. The summed E-state index contributed by atoms with van der Waals surface area (Å²) in [5.41, 5.74) is -0.886. The molecule has 31 heavy (non-hydrogen) atoms. The minimum Gasteiger partial charge on any atom is -0.497 e. The first-order valence-corrected chi connectivity index (χ1v) is 10.0. The zero-order valence-corrected chi connectivity index (χ0v) is 17.4. The number of hydrogen-bond acceptors (Lipinski definition) is 6. The number of anilines is 1. The third-order valence-corrected chi connectivity index (χ3v) is 6.31. The second kappa shape index (κ2) is 7.77. The Morgan fingerprint density at radius 2 is 1.87 bits per heavy atom. The van der Waals surface area contributed by atoms with Crippen molar-refractivity contribution in [2.75, 3.05) is 19.1 Å². The van der Waals surface area contributed by atoms with E-state index in [2.05, 4.69) is 5.32 Å². The fourth-order valence-corrected chi connectivity index (χ4v) is 4.84. The van der Waals surface area contributed by atoms with Crippen LogP contribution in [0.25, 0.3) is 0 Å². The van der Waals surface area contributed by atoms with Gasteiger partial charge >= 0.3 is 5.97 Å². The van der Waals surface area contributed by atoms with Crippen molar-refractivity contribution in [2.45, 2.75) is 24.9 Å². The van der Waals surface area contributed by atoms with Crippen molar-refractivity contribution in [3.8, 4) is 5.75 Å². The maximum Gasteiger partial charge on any atom is 0.326 e. The maximum absolute atomic E-state index is 14.7. The number of nitrogens with zero attached hydrogens (tertiary/aromatic N) is 1. The number of benzene rings is 2. The molecule has 2 saturated heterocycles. The second-order valence-corrected chi connectivity index (χ2v) is 7.68. The Balaban J connectivity index is 1.87. The summed E-state index contributed by atoms with van der Waals surface area (Å²) in [7, 11) is 2.72. The molecule has 0 aliphatic carbocycles. The summed E-state index contributed by atoms with van der Waals surface area (Å²) in [6.45, 7) is 1.73. The average molecular weight is 426 g/mol. The highest BCUT2D eigenvalue weighted by Crippen LogP contribution is 2.51. The molecule has 0 saturated carbocycles. The average Bonchev–Trinajstić information content (AvgIpc) is 3.27. The van der Waals surface area contributed by atoms with Gasteiger partial charge in [0.05, 0.1) is 31.7 Å². The maximum atomic E-state index is 14.7. The van der Waals surface area contributed by atoms with Gasteiger partial charge in [0, 0.05) is 17.7 Å². The molecule has 2 aliphatic rings. The Bertz CT molecular complexity index is 1060. The van der Waals surface area contributed by atoms with Gasteiger partial charge in [-0.3, -0.25) is 19.7 Å². The van der Waals surface area contributed by atoms with Gasteiger partial charge in [-0.05, 0) is 24.6 Å². The van der Waals surface area contributed by atoms with Crippen LogP contribution in [0.5, 0.6) is 5.75 Å². The lowest BCUT2D eigenvalue weighted by molar-refractivity contribution is -0.152. The summed E-state index contributed by atoms with van der Waals surface area (Å²) >= 11 is 0. The van der Waals surface area contributed by atoms with E-state index in [1.54, 1.807) is 49.4 Å². The minimum absolute atomic E-state index is 0.191. The van der Waals surface area contributed by atoms with Gasteiger partial charge in [0.2, 0.25) is 11.8 Å². The van der Waals surface area contributed by atoms with Crippen LogP contribution >= 0.6 is 0 Å². The lowest BCUT2D eigenvalue weighted by Crippen LogP contribution is -2.56. The molecule has 2 heterocycles. The predicted molar refractivity (Wildman–Crippen MR) is 110 cm³/mol. The van der Waals surface area contributed by atoms with Crippen molar-refractivity contribution in [1.29, 1.82) is 0 Å². The van der Waals surface area contributed by atoms with Crippen LogP contribution in [0.2, 0.25) is 0 Å². The van der Waals surface area contributed by atoms with E-state index in [0.29, 0.717) is 11.4 Å². The highest BCUT2D eigenvalue weighted by molar-refractivity contribution is 6.24. The smallest absolute Gasteiger partial charge is 0.326 e. The first-order chi connectivity index (χ1) is 14.9. The molecule has 162 valence electrons. The van der Waals surface area contributed by atoms with Gasteiger partial charge in [0.1, 0.15) is 17.1 Å². The van der Waals surface area contributed by atoms with Crippen molar-refractivity contribution in [3.63, 3.8) is 0 Å². The number of imide groups is 1. The topological polar surface area (TPSA) is 84.9 Å². The van der Waals surface area contributed by atoms with E-state index in [-0.39, 0.29) is 12.0 Å². The zero-order chi connectivity index (χ0) is 22.3. The number of amides is 2. The summed E-state index contributed by atoms with van der Waals surface area (Å²) in [5.74, 6) is -3.71. The van der Waals surface area contributed by atoms with Crippen LogP contribution in [0.4, 0.5) is 10.1 Å². The SMILES string of the molecule is CCC1(C(=O)OC)NC(c2ccccc2F)C2C(=O)N(c3cccc(OC)c3)C(=O)C21. The summed E-state index contributed by atoms with van der Waals surface area (Å²) < 4.78 is 24.9. The highest BCUT2D eigenvalue weighted by atomic mass is 19.1. The monoisotopic (exact) mass is 426 g/mol. The van der Waals surface area contributed by atoms with Crippen LogP contribution in [-0.2, 0) is 19.1 Å². The largest absolute Gasteiger partial charge is 0.497 e. The number of rotatable bonds is 5. The molecule has 2 amide bonds. The lowest BCUT2D eigenvalue weighted by Gasteiger charge is -2.31. The molecule has 1 N–H and O–H groups in total. The Morgan fingerprint density at radius 3 is 2.52 bits per heavy atom. The molecule has 7 nitrogen and oxygen atoms in total. The van der Waals surface area contributed by atoms with E-state index in [9.17, 15) is 18.8 Å². The van der Waals surface area contributed by atoms with Crippen LogP contribution in [0.15, 0.2) is 48.5 Å². The van der Waals surface area contributed by atoms with Gasteiger partial charge in [-0.2, -0.15) is 0 Å². The zero-order valence-electron chi connectivity index (χ0n) is 17.4. The van der Waals surface area contributed by atoms with Gasteiger partial charge in [0.25, 0.3) is 0 Å². The van der Waals surface area contributed by atoms with Crippen LogP contribution in [0.1, 0.15) is 24.9 Å². The van der Waals surface area contributed by atoms with E-state index in [0.717, 1.165) is 4.90 Å². The van der Waals surface area contributed by atoms with Crippen molar-refractivity contribution in [2.24, 2.45) is 11.8 Å². The molecule has 2 aliphatic heterocycles. The molecule has 0 radical (unpaired) electrons. The van der Waals surface area contributed by atoms with E-state index in [1.807, 2.05) is 0 Å². The normalized spacial score (nSPS) is 27.4. The fraction of sp³-hybridized carbons (Fsp3) is 0.348. The first-order valence-electron chi connectivity index (χ1n) is 10.0. The highest BCUT2D eigenvalue weighted by Gasteiger charge is 2.68. The summed E-state index contributed by atoms with van der Waals surface area (Å²) in [6.07, 6.45) is 0.191. The quantitative estimate of drug-likeness (QED) is 0.585. The van der Waals surface area contributed by atoms with Gasteiger partial charge in [-0.1, -0.05) is 31.2 Å². The van der Waals surface area contributed by atoms with E-state index in [4.69, 9.17) is 9.47 Å². The summed E-state index contributed by atoms with van der Waals surface area (Å²) in [5, 5.41) is 3.11. The molecule has 2 fully saturated rings. The molecule has 4 unspecified atom stereocenters. The van der Waals surface area contributed by atoms with Crippen LogP contribution in [-0.4, -0.2) is 37.5 Å². The number of halogens is 1. The predicted octanol–water partition coefficient (Wildman–Crippen LogP) is 2.61. The van der Waals surface area contributed by atoms with E-state index in [1.165, 1.54) is 20.3 Å². The van der Waals surface area contributed by atoms with Gasteiger partial charge < -0.3 is 9.47 Å². The van der Waals surface area contributed by atoms with Crippen molar-refractivity contribution < 1.29 is 28.2 Å². The molecular formula is C23H23FN2O5. The number of ether oxygens (including phenoxy) is 2. The molecule has 4 rings (SSSR count). The third kappa shape index (κ3) is 3.01. The number of carbonyl (C=O) groups is 3. The Labute approximate surface area is 179 Å². The number of fused-ring (bicyclic) bond motifs is 1. The number of nitrogens with one attached hydrogen (secondary N) is 1. The van der Waals surface area contributed by atoms with E-state index < -0.39 is 47.0 Å². The fourth-order valence-electron chi connectivity index (χ4n) is 4.84. The molecule has 0 spiro atoms. The molecule has 2 aromatic carbocycles. The number of carbonyl (C=O) groups excluding carboxylic acids is 3. The van der Waals surface area contributed by atoms with Crippen LogP contribution in [0, 0.1) is 17.7 Å². The molecular weight excluding hydrogens is 403 g/mol. The molecule has 8 heteroatoms. The second-order valence-electron chi connectivity index (χ2n) is 7.68. The number of methoxy groups -OCH3 is 2. The Hall–Kier alpha value is -3.26. The molecule has 0 aromatic heterocycles. The third-order valence-electron chi connectivity index (χ3n) is 6.31. The van der Waals surface area contributed by atoms with Crippen molar-refractivity contribution in [3.05, 3.63) is 59.9 Å². The molecule has 0 bridgehead atoms. The van der Waals surface area contributed by atoms with E-state index >= 15 is 0 Å². The minimum atomic E-state index is -1.45. The first kappa shape index (κ1) is 21.0. The Kier molecular flexibility index (Phi) is 5.26. The van der Waals surface area contributed by atoms with Crippen molar-refractivity contribution in [1.82, 2.24) is 5.32 Å². The number of hydrogen-bond donors (Lipinski definition) is 1. The van der Waals surface area contributed by atoms with Gasteiger partial charge in [-0.15, -0.1) is 0 Å². The molecule has 2 aromatic rings. The van der Waals surface area contributed by atoms with Crippen LogP contribution in [0.3, 0.4) is 0 Å². The number of esters is 1. The van der Waals surface area contributed by atoms with Gasteiger partial charge in [-0.25, -0.2) is 9.29 Å². The van der Waals surface area contributed by atoms with Gasteiger partial charge in [0.15, 0.2) is 0 Å². The van der Waals surface area contributed by atoms with Crippen molar-refractivity contribution >= 4 is 23.5 Å². The summed E-state index contributed by atoms with van der Waals surface area (Å²) in [4.78, 5) is 41.1. The molecule has 4 atom stereocenters. The Morgan fingerprint density at radius 1 is 1.13 bits per heavy atom.